The molecule has 1 fully saturated rings. The fraction of sp³-hybridized carbons (Fsp3) is 0.769. The molecule has 0 heterocycles. The van der Waals surface area contributed by atoms with E-state index in [1.54, 1.807) is 22.3 Å². The molecule has 0 heteroatoms. The maximum Gasteiger partial charge on any atom is -0.0129 e. The smallest absolute Gasteiger partial charge is 0.0129 e. The van der Waals surface area contributed by atoms with Crippen molar-refractivity contribution in [1.29, 1.82) is 0 Å². The van der Waals surface area contributed by atoms with Crippen molar-refractivity contribution >= 4 is 0 Å². The topological polar surface area (TPSA) is 0 Å². The Morgan fingerprint density at radius 1 is 0.885 bits per heavy atom. The summed E-state index contributed by atoms with van der Waals surface area (Å²) in [5.74, 6) is 2.16. The van der Waals surface area contributed by atoms with E-state index in [1.807, 2.05) is 0 Å². The van der Waals surface area contributed by atoms with Crippen molar-refractivity contribution in [2.75, 3.05) is 0 Å². The summed E-state index contributed by atoms with van der Waals surface area (Å²) in [7, 11) is 0. The van der Waals surface area contributed by atoms with E-state index in [0.29, 0.717) is 5.92 Å². The summed E-state index contributed by atoms with van der Waals surface area (Å²) in [4.78, 5) is 0. The molecule has 0 bridgehead atoms. The van der Waals surface area contributed by atoms with Gasteiger partial charge in [-0.15, -0.1) is 0 Å². The molecule has 0 N–H and O–H groups in total. The number of rotatable bonds is 7. The number of hydrogen-bond acceptors (Lipinski definition) is 0. The van der Waals surface area contributed by atoms with Crippen molar-refractivity contribution in [3.8, 4) is 0 Å². The van der Waals surface area contributed by atoms with E-state index in [0.717, 1.165) is 11.8 Å². The van der Waals surface area contributed by atoms with E-state index >= 15 is 0 Å². The molecule has 1 aromatic carbocycles. The number of benzene rings is 1. The van der Waals surface area contributed by atoms with Crippen LogP contribution in [-0.4, -0.2) is 0 Å². The van der Waals surface area contributed by atoms with Crippen molar-refractivity contribution in [3.63, 3.8) is 0 Å². The lowest BCUT2D eigenvalue weighted by atomic mass is 9.72. The van der Waals surface area contributed by atoms with Crippen molar-refractivity contribution in [2.24, 2.45) is 0 Å². The Balaban J connectivity index is 2.60. The van der Waals surface area contributed by atoms with Gasteiger partial charge in [-0.05, 0) is 71.1 Å². The van der Waals surface area contributed by atoms with Gasteiger partial charge < -0.3 is 0 Å². The molecule has 0 radical (unpaired) electrons. The van der Waals surface area contributed by atoms with Gasteiger partial charge in [-0.2, -0.15) is 0 Å². The van der Waals surface area contributed by atoms with Crippen molar-refractivity contribution in [2.45, 2.75) is 129 Å². The minimum atomic E-state index is 0.230. The molecular formula is C26H44. The van der Waals surface area contributed by atoms with E-state index in [1.165, 1.54) is 57.8 Å². The average molecular weight is 357 g/mol. The van der Waals surface area contributed by atoms with Crippen LogP contribution in [-0.2, 0) is 5.41 Å². The van der Waals surface area contributed by atoms with Crippen molar-refractivity contribution in [1.82, 2.24) is 0 Å². The molecule has 0 saturated heterocycles. The summed E-state index contributed by atoms with van der Waals surface area (Å²) in [5, 5.41) is 0. The van der Waals surface area contributed by atoms with Gasteiger partial charge in [0.1, 0.15) is 0 Å². The zero-order chi connectivity index (χ0) is 19.3. The van der Waals surface area contributed by atoms with Gasteiger partial charge in [0.15, 0.2) is 0 Å². The van der Waals surface area contributed by atoms with Crippen LogP contribution in [0, 0.1) is 0 Å². The van der Waals surface area contributed by atoms with Crippen LogP contribution >= 0.6 is 0 Å². The van der Waals surface area contributed by atoms with Gasteiger partial charge in [0, 0.05) is 0 Å². The zero-order valence-corrected chi connectivity index (χ0v) is 18.8. The van der Waals surface area contributed by atoms with Gasteiger partial charge >= 0.3 is 0 Å². The molecule has 1 saturated carbocycles. The summed E-state index contributed by atoms with van der Waals surface area (Å²) < 4.78 is 0. The highest BCUT2D eigenvalue weighted by Gasteiger charge is 2.28. The first-order valence-corrected chi connectivity index (χ1v) is 11.5. The van der Waals surface area contributed by atoms with Crippen LogP contribution in [0.15, 0.2) is 12.1 Å². The largest absolute Gasteiger partial charge is 0.0654 e. The van der Waals surface area contributed by atoms with E-state index < -0.39 is 0 Å². The van der Waals surface area contributed by atoms with E-state index in [4.69, 9.17) is 0 Å². The number of hydrogen-bond donors (Lipinski definition) is 0. The Kier molecular flexibility index (Phi) is 7.80. The lowest BCUT2D eigenvalue weighted by Gasteiger charge is -2.33. The standard InChI is InChI=1S/C26H44/c1-8-13-20(14-9-2)24-17-22(19(3)4)23(18-25(24)26(5,6)7)21-15-11-10-12-16-21/h17-21H,8-16H2,1-7H3. The molecule has 0 unspecified atom stereocenters. The van der Waals surface area contributed by atoms with Crippen LogP contribution in [0.5, 0.6) is 0 Å². The molecule has 26 heavy (non-hydrogen) atoms. The second-order valence-electron chi connectivity index (χ2n) is 10.1. The van der Waals surface area contributed by atoms with Crippen LogP contribution in [0.4, 0.5) is 0 Å². The van der Waals surface area contributed by atoms with Crippen LogP contribution in [0.1, 0.15) is 146 Å². The van der Waals surface area contributed by atoms with Gasteiger partial charge in [0.05, 0.1) is 0 Å². The van der Waals surface area contributed by atoms with Gasteiger partial charge in [0.2, 0.25) is 0 Å². The molecule has 0 nitrogen and oxygen atoms in total. The summed E-state index contributed by atoms with van der Waals surface area (Å²) >= 11 is 0. The molecule has 0 aromatic heterocycles. The highest BCUT2D eigenvalue weighted by Crippen LogP contribution is 2.43. The minimum Gasteiger partial charge on any atom is -0.0654 e. The Hall–Kier alpha value is -0.780. The highest BCUT2D eigenvalue weighted by molar-refractivity contribution is 5.46. The lowest BCUT2D eigenvalue weighted by Crippen LogP contribution is -2.19. The molecule has 2 rings (SSSR count). The second-order valence-corrected chi connectivity index (χ2v) is 10.1. The maximum atomic E-state index is 2.67. The first-order chi connectivity index (χ1) is 12.3. The third-order valence-corrected chi connectivity index (χ3v) is 6.44. The molecule has 0 aliphatic heterocycles. The maximum absolute atomic E-state index is 2.67. The average Bonchev–Trinajstić information content (AvgIpc) is 2.60. The molecule has 1 aromatic rings. The summed E-state index contributed by atoms with van der Waals surface area (Å²) in [5.41, 5.74) is 6.88. The van der Waals surface area contributed by atoms with Gasteiger partial charge in [-0.3, -0.25) is 0 Å². The Morgan fingerprint density at radius 2 is 1.46 bits per heavy atom. The van der Waals surface area contributed by atoms with Crippen LogP contribution in [0.3, 0.4) is 0 Å². The molecule has 0 atom stereocenters. The summed E-state index contributed by atoms with van der Waals surface area (Å²) in [6, 6.07) is 5.32. The zero-order valence-electron chi connectivity index (χ0n) is 18.8. The monoisotopic (exact) mass is 356 g/mol. The van der Waals surface area contributed by atoms with Crippen LogP contribution < -0.4 is 0 Å². The third kappa shape index (κ3) is 5.14. The van der Waals surface area contributed by atoms with E-state index in [2.05, 4.69) is 60.6 Å². The molecular weight excluding hydrogens is 312 g/mol. The molecule has 1 aliphatic rings. The van der Waals surface area contributed by atoms with Crippen molar-refractivity contribution in [3.05, 3.63) is 34.4 Å². The van der Waals surface area contributed by atoms with Gasteiger partial charge in [0.25, 0.3) is 0 Å². The predicted molar refractivity (Wildman–Crippen MR) is 118 cm³/mol. The fourth-order valence-electron chi connectivity index (χ4n) is 5.06. The van der Waals surface area contributed by atoms with Crippen molar-refractivity contribution < 1.29 is 0 Å². The second kappa shape index (κ2) is 9.43. The Bertz CT molecular complexity index is 546. The normalized spacial score (nSPS) is 16.7. The molecule has 1 aliphatic carbocycles. The fourth-order valence-corrected chi connectivity index (χ4v) is 5.06. The first-order valence-electron chi connectivity index (χ1n) is 11.5. The quantitative estimate of drug-likeness (QED) is 0.457. The summed E-state index contributed by atoms with van der Waals surface area (Å²) in [6.45, 7) is 16.7. The SMILES string of the molecule is CCCC(CCC)c1cc(C(C)C)c(C2CCCCC2)cc1C(C)(C)C. The van der Waals surface area contributed by atoms with Crippen LogP contribution in [0.25, 0.3) is 0 Å². The van der Waals surface area contributed by atoms with E-state index in [-0.39, 0.29) is 5.41 Å². The first kappa shape index (κ1) is 21.5. The van der Waals surface area contributed by atoms with Crippen LogP contribution in [0.2, 0.25) is 0 Å². The summed E-state index contributed by atoms with van der Waals surface area (Å²) in [6.07, 6.45) is 12.3. The minimum absolute atomic E-state index is 0.230. The third-order valence-electron chi connectivity index (χ3n) is 6.44. The van der Waals surface area contributed by atoms with Gasteiger partial charge in [-0.25, -0.2) is 0 Å². The highest BCUT2D eigenvalue weighted by atomic mass is 14.3. The lowest BCUT2D eigenvalue weighted by molar-refractivity contribution is 0.438. The Labute approximate surface area is 164 Å². The predicted octanol–water partition coefficient (Wildman–Crippen LogP) is 8.84. The molecule has 0 amide bonds. The molecule has 0 spiro atoms. The molecule has 148 valence electrons. The van der Waals surface area contributed by atoms with E-state index in [9.17, 15) is 0 Å². The van der Waals surface area contributed by atoms with Gasteiger partial charge in [-0.1, -0.05) is 92.7 Å². The Morgan fingerprint density at radius 3 is 1.92 bits per heavy atom.